The summed E-state index contributed by atoms with van der Waals surface area (Å²) in [5.41, 5.74) is 0.904. The van der Waals surface area contributed by atoms with Crippen molar-refractivity contribution in [2.24, 2.45) is 0 Å². The molecule has 0 radical (unpaired) electrons. The van der Waals surface area contributed by atoms with Gasteiger partial charge in [-0.1, -0.05) is 0 Å². The molecule has 1 atom stereocenters. The largest absolute Gasteiger partial charge is 0.480 e. The second-order valence-electron chi connectivity index (χ2n) is 4.05. The molecule has 0 aliphatic heterocycles. The van der Waals surface area contributed by atoms with Crippen LogP contribution in [-0.2, 0) is 14.3 Å². The Bertz CT molecular complexity index is 508. The second-order valence-corrected chi connectivity index (χ2v) is 6.42. The van der Waals surface area contributed by atoms with Gasteiger partial charge < -0.3 is 15.2 Å². The molecule has 1 amide bonds. The van der Waals surface area contributed by atoms with Gasteiger partial charge in [-0.05, 0) is 40.9 Å². The second kappa shape index (κ2) is 7.39. The summed E-state index contributed by atoms with van der Waals surface area (Å²) in [6.07, 6.45) is -0.0832. The normalized spacial score (nSPS) is 11.8. The first-order chi connectivity index (χ1) is 9.35. The lowest BCUT2D eigenvalue weighted by Crippen LogP contribution is -2.40. The molecule has 0 aromatic carbocycles. The molecule has 8 heteroatoms. The monoisotopic (exact) mass is 363 g/mol. The van der Waals surface area contributed by atoms with Gasteiger partial charge in [0.15, 0.2) is 0 Å². The molecule has 0 spiro atoms. The van der Waals surface area contributed by atoms with Crippen molar-refractivity contribution in [1.82, 2.24) is 5.32 Å². The predicted octanol–water partition coefficient (Wildman–Crippen LogP) is 1.96. The van der Waals surface area contributed by atoms with Gasteiger partial charge in [0.25, 0.3) is 5.91 Å². The van der Waals surface area contributed by atoms with Crippen LogP contribution >= 0.6 is 27.3 Å². The van der Waals surface area contributed by atoms with Crippen LogP contribution in [0.1, 0.15) is 28.1 Å². The van der Waals surface area contributed by atoms with E-state index in [0.717, 1.165) is 9.35 Å². The molecule has 6 nitrogen and oxygen atoms in total. The average Bonchev–Trinajstić information content (AvgIpc) is 2.73. The highest BCUT2D eigenvalue weighted by Crippen LogP contribution is 2.27. The van der Waals surface area contributed by atoms with E-state index in [4.69, 9.17) is 5.11 Å². The minimum absolute atomic E-state index is 0.0146. The van der Waals surface area contributed by atoms with Gasteiger partial charge in [0.1, 0.15) is 6.04 Å². The van der Waals surface area contributed by atoms with Crippen molar-refractivity contribution in [3.05, 3.63) is 20.3 Å². The number of esters is 1. The van der Waals surface area contributed by atoms with E-state index in [1.54, 1.807) is 6.07 Å². The maximum Gasteiger partial charge on any atom is 0.326 e. The Morgan fingerprint density at radius 3 is 2.60 bits per heavy atom. The van der Waals surface area contributed by atoms with Crippen molar-refractivity contribution in [2.75, 3.05) is 7.11 Å². The van der Waals surface area contributed by atoms with E-state index < -0.39 is 23.9 Å². The number of hydrogen-bond donors (Lipinski definition) is 2. The minimum Gasteiger partial charge on any atom is -0.480 e. The van der Waals surface area contributed by atoms with E-state index in [1.165, 1.54) is 18.4 Å². The molecule has 1 aromatic heterocycles. The van der Waals surface area contributed by atoms with Crippen molar-refractivity contribution in [3.8, 4) is 0 Å². The number of carbonyl (C=O) groups excluding carboxylic acids is 2. The molecule has 0 aliphatic carbocycles. The predicted molar refractivity (Wildman–Crippen MR) is 76.9 cm³/mol. The van der Waals surface area contributed by atoms with E-state index >= 15 is 0 Å². The first-order valence-electron chi connectivity index (χ1n) is 5.71. The third kappa shape index (κ3) is 4.61. The maximum absolute atomic E-state index is 11.9. The number of carboxylic acid groups (broad SMARTS) is 1. The lowest BCUT2D eigenvalue weighted by molar-refractivity contribution is -0.142. The third-order valence-electron chi connectivity index (χ3n) is 2.55. The highest BCUT2D eigenvalue weighted by Gasteiger charge is 2.23. The zero-order chi connectivity index (χ0) is 15.3. The Kier molecular flexibility index (Phi) is 6.15. The Labute approximate surface area is 128 Å². The molecule has 1 unspecified atom stereocenters. The quantitative estimate of drug-likeness (QED) is 0.753. The fraction of sp³-hybridized carbons (Fsp3) is 0.417. The zero-order valence-electron chi connectivity index (χ0n) is 10.9. The number of carbonyl (C=O) groups is 3. The average molecular weight is 364 g/mol. The lowest BCUT2D eigenvalue weighted by Gasteiger charge is -2.13. The van der Waals surface area contributed by atoms with Crippen molar-refractivity contribution in [2.45, 2.75) is 25.8 Å². The van der Waals surface area contributed by atoms with Gasteiger partial charge in [-0.2, -0.15) is 0 Å². The van der Waals surface area contributed by atoms with Crippen LogP contribution in [-0.4, -0.2) is 36.1 Å². The van der Waals surface area contributed by atoms with Crippen LogP contribution < -0.4 is 5.32 Å². The van der Waals surface area contributed by atoms with Crippen LogP contribution in [0.4, 0.5) is 0 Å². The number of methoxy groups -OCH3 is 1. The molecule has 1 rings (SSSR count). The topological polar surface area (TPSA) is 92.7 Å². The molecular formula is C12H14BrNO5S. The number of halogens is 1. The summed E-state index contributed by atoms with van der Waals surface area (Å²) >= 11 is 4.52. The van der Waals surface area contributed by atoms with Crippen molar-refractivity contribution in [3.63, 3.8) is 0 Å². The van der Waals surface area contributed by atoms with Gasteiger partial charge in [0.2, 0.25) is 0 Å². The summed E-state index contributed by atoms with van der Waals surface area (Å²) in [5, 5.41) is 11.4. The van der Waals surface area contributed by atoms with Crippen LogP contribution in [0.5, 0.6) is 0 Å². The molecule has 0 bridgehead atoms. The molecule has 2 N–H and O–H groups in total. The van der Waals surface area contributed by atoms with E-state index in [9.17, 15) is 14.4 Å². The summed E-state index contributed by atoms with van der Waals surface area (Å²) < 4.78 is 5.26. The van der Waals surface area contributed by atoms with Crippen LogP contribution in [0.25, 0.3) is 0 Å². The van der Waals surface area contributed by atoms with Crippen LogP contribution in [0.2, 0.25) is 0 Å². The van der Waals surface area contributed by atoms with Crippen molar-refractivity contribution >= 4 is 45.1 Å². The zero-order valence-corrected chi connectivity index (χ0v) is 13.3. The Morgan fingerprint density at radius 2 is 2.15 bits per heavy atom. The number of carboxylic acids is 1. The smallest absolute Gasteiger partial charge is 0.326 e. The summed E-state index contributed by atoms with van der Waals surface area (Å²) in [6.45, 7) is 1.84. The number of amides is 1. The first kappa shape index (κ1) is 16.6. The number of aryl methyl sites for hydroxylation is 1. The van der Waals surface area contributed by atoms with Gasteiger partial charge in [0.05, 0.1) is 15.8 Å². The molecule has 1 heterocycles. The van der Waals surface area contributed by atoms with Crippen LogP contribution in [0.3, 0.4) is 0 Å². The van der Waals surface area contributed by atoms with E-state index in [0.29, 0.717) is 4.88 Å². The minimum atomic E-state index is -1.19. The number of nitrogens with one attached hydrogen (secondary N) is 1. The van der Waals surface area contributed by atoms with Crippen LogP contribution in [0, 0.1) is 6.92 Å². The maximum atomic E-state index is 11.9. The fourth-order valence-corrected chi connectivity index (χ4v) is 2.86. The summed E-state index contributed by atoms with van der Waals surface area (Å²) in [7, 11) is 1.22. The van der Waals surface area contributed by atoms with E-state index in [-0.39, 0.29) is 12.8 Å². The SMILES string of the molecule is COC(=O)CCC(NC(=O)c1cc(C)c(Br)s1)C(=O)O. The Balaban J connectivity index is 2.68. The summed E-state index contributed by atoms with van der Waals surface area (Å²) in [6, 6.07) is 0.548. The van der Waals surface area contributed by atoms with Gasteiger partial charge in [-0.15, -0.1) is 11.3 Å². The van der Waals surface area contributed by atoms with Gasteiger partial charge >= 0.3 is 11.9 Å². The first-order valence-corrected chi connectivity index (χ1v) is 7.32. The molecular weight excluding hydrogens is 350 g/mol. The fourth-order valence-electron chi connectivity index (χ4n) is 1.42. The van der Waals surface area contributed by atoms with E-state index in [2.05, 4.69) is 26.0 Å². The number of rotatable bonds is 6. The Morgan fingerprint density at radius 1 is 1.50 bits per heavy atom. The van der Waals surface area contributed by atoms with Crippen molar-refractivity contribution < 1.29 is 24.2 Å². The molecule has 0 saturated heterocycles. The highest BCUT2D eigenvalue weighted by atomic mass is 79.9. The molecule has 0 aliphatic rings. The number of hydrogen-bond acceptors (Lipinski definition) is 5. The third-order valence-corrected chi connectivity index (χ3v) is 4.68. The standard InChI is InChI=1S/C12H14BrNO5S/c1-6-5-8(20-10(6)13)11(16)14-7(12(17)18)3-4-9(15)19-2/h5,7H,3-4H2,1-2H3,(H,14,16)(H,17,18). The summed E-state index contributed by atoms with van der Waals surface area (Å²) in [5.74, 6) is -2.17. The summed E-state index contributed by atoms with van der Waals surface area (Å²) in [4.78, 5) is 34.4. The number of ether oxygens (including phenoxy) is 1. The van der Waals surface area contributed by atoms with Gasteiger partial charge in [-0.25, -0.2) is 4.79 Å². The molecule has 110 valence electrons. The lowest BCUT2D eigenvalue weighted by atomic mass is 10.1. The number of aliphatic carboxylic acids is 1. The van der Waals surface area contributed by atoms with E-state index in [1.807, 2.05) is 6.92 Å². The van der Waals surface area contributed by atoms with Crippen molar-refractivity contribution in [1.29, 1.82) is 0 Å². The Hall–Kier alpha value is -1.41. The molecule has 20 heavy (non-hydrogen) atoms. The number of thiophene rings is 1. The molecule has 1 aromatic rings. The molecule has 0 fully saturated rings. The highest BCUT2D eigenvalue weighted by molar-refractivity contribution is 9.11. The van der Waals surface area contributed by atoms with Crippen LogP contribution in [0.15, 0.2) is 9.85 Å². The molecule has 0 saturated carbocycles. The van der Waals surface area contributed by atoms with Gasteiger partial charge in [-0.3, -0.25) is 9.59 Å². The van der Waals surface area contributed by atoms with Gasteiger partial charge in [0, 0.05) is 6.42 Å².